The highest BCUT2D eigenvalue weighted by Crippen LogP contribution is 2.44. The van der Waals surface area contributed by atoms with E-state index in [1.54, 1.807) is 11.3 Å². The minimum atomic E-state index is 0.688. The zero-order chi connectivity index (χ0) is 17.5. The highest BCUT2D eigenvalue weighted by molar-refractivity contribution is 7.13. The number of fused-ring (bicyclic) bond motifs is 3. The summed E-state index contributed by atoms with van der Waals surface area (Å²) in [6, 6.07) is 10.2. The van der Waals surface area contributed by atoms with E-state index in [0.29, 0.717) is 5.56 Å². The lowest BCUT2D eigenvalue weighted by molar-refractivity contribution is 0.646. The maximum atomic E-state index is 9.12. The van der Waals surface area contributed by atoms with Gasteiger partial charge in [-0.2, -0.15) is 5.26 Å². The molecule has 0 saturated heterocycles. The monoisotopic (exact) mass is 339 g/mol. The average molecular weight is 340 g/mol. The number of nitriles is 1. The Labute approximate surface area is 149 Å². The van der Waals surface area contributed by atoms with Gasteiger partial charge in [-0.25, -0.2) is 0 Å². The number of hydrogen-bond acceptors (Lipinski definition) is 4. The summed E-state index contributed by atoms with van der Waals surface area (Å²) in [5.41, 5.74) is 4.94. The van der Waals surface area contributed by atoms with Crippen molar-refractivity contribution < 1.29 is 0 Å². The van der Waals surface area contributed by atoms with Crippen LogP contribution in [0.1, 0.15) is 48.9 Å². The van der Waals surface area contributed by atoms with Crippen molar-refractivity contribution in [1.82, 2.24) is 5.32 Å². The van der Waals surface area contributed by atoms with Crippen LogP contribution in [0.2, 0.25) is 0 Å². The minimum Gasteiger partial charge on any atom is -0.354 e. The first-order valence-corrected chi connectivity index (χ1v) is 9.39. The molecule has 0 unspecified atom stereocenters. The van der Waals surface area contributed by atoms with E-state index in [0.717, 1.165) is 30.0 Å². The molecule has 4 heteroatoms. The molecule has 0 bridgehead atoms. The van der Waals surface area contributed by atoms with E-state index in [-0.39, 0.29) is 0 Å². The third kappa shape index (κ3) is 3.87. The SMILES string of the molecule is C=C1Nc2ccc(C#N)cc2-c2cc(CNCCCC)sc21.CC. The Kier molecular flexibility index (Phi) is 6.60. The number of benzene rings is 1. The quantitative estimate of drug-likeness (QED) is 0.697. The van der Waals surface area contributed by atoms with Gasteiger partial charge in [-0.3, -0.25) is 0 Å². The Hall–Kier alpha value is -2.09. The molecular weight excluding hydrogens is 314 g/mol. The summed E-state index contributed by atoms with van der Waals surface area (Å²) in [6.07, 6.45) is 2.41. The third-order valence-electron chi connectivity index (χ3n) is 3.79. The van der Waals surface area contributed by atoms with E-state index in [1.807, 2.05) is 32.0 Å². The van der Waals surface area contributed by atoms with Gasteiger partial charge in [-0.1, -0.05) is 33.8 Å². The molecule has 3 rings (SSSR count). The summed E-state index contributed by atoms with van der Waals surface area (Å²) in [7, 11) is 0. The van der Waals surface area contributed by atoms with Crippen LogP contribution in [0.4, 0.5) is 5.69 Å². The molecule has 126 valence electrons. The zero-order valence-electron chi connectivity index (χ0n) is 14.7. The maximum Gasteiger partial charge on any atom is 0.0991 e. The molecule has 0 amide bonds. The molecule has 1 aromatic carbocycles. The van der Waals surface area contributed by atoms with Crippen molar-refractivity contribution in [3.63, 3.8) is 0 Å². The molecule has 1 aromatic heterocycles. The van der Waals surface area contributed by atoms with E-state index < -0.39 is 0 Å². The lowest BCUT2D eigenvalue weighted by Crippen LogP contribution is -2.13. The van der Waals surface area contributed by atoms with Gasteiger partial charge < -0.3 is 10.6 Å². The molecule has 0 atom stereocenters. The van der Waals surface area contributed by atoms with Gasteiger partial charge in [0.1, 0.15) is 0 Å². The maximum absolute atomic E-state index is 9.12. The number of unbranched alkanes of at least 4 members (excludes halogenated alkanes) is 1. The molecule has 1 aliphatic rings. The van der Waals surface area contributed by atoms with E-state index in [2.05, 4.69) is 36.3 Å². The van der Waals surface area contributed by atoms with Crippen LogP contribution < -0.4 is 10.6 Å². The average Bonchev–Trinajstić information content (AvgIpc) is 3.05. The third-order valence-corrected chi connectivity index (χ3v) is 4.98. The highest BCUT2D eigenvalue weighted by atomic mass is 32.1. The second kappa shape index (κ2) is 8.68. The molecule has 2 N–H and O–H groups in total. The molecule has 0 aliphatic carbocycles. The summed E-state index contributed by atoms with van der Waals surface area (Å²) in [5.74, 6) is 0. The van der Waals surface area contributed by atoms with Crippen molar-refractivity contribution in [2.24, 2.45) is 0 Å². The summed E-state index contributed by atoms with van der Waals surface area (Å²) < 4.78 is 0. The standard InChI is InChI=1S/C18H19N3S.C2H6/c1-3-4-7-20-11-14-9-16-15-8-13(10-19)5-6-17(15)21-12(2)18(16)22-14;1-2/h5-6,8-9,20-21H,2-4,7,11H2,1H3;1-2H3. The summed E-state index contributed by atoms with van der Waals surface area (Å²) in [5, 5.41) is 15.9. The van der Waals surface area contributed by atoms with Crippen LogP contribution in [-0.2, 0) is 6.54 Å². The van der Waals surface area contributed by atoms with Crippen LogP contribution >= 0.6 is 11.3 Å². The van der Waals surface area contributed by atoms with E-state index in [9.17, 15) is 0 Å². The van der Waals surface area contributed by atoms with Crippen molar-refractivity contribution in [2.75, 3.05) is 11.9 Å². The van der Waals surface area contributed by atoms with Gasteiger partial charge in [0.2, 0.25) is 0 Å². The normalized spacial score (nSPS) is 11.5. The minimum absolute atomic E-state index is 0.688. The van der Waals surface area contributed by atoms with Crippen molar-refractivity contribution in [2.45, 2.75) is 40.2 Å². The topological polar surface area (TPSA) is 47.9 Å². The lowest BCUT2D eigenvalue weighted by Gasteiger charge is -2.20. The second-order valence-corrected chi connectivity index (χ2v) is 6.60. The van der Waals surface area contributed by atoms with Crippen molar-refractivity contribution in [1.29, 1.82) is 5.26 Å². The van der Waals surface area contributed by atoms with Crippen LogP contribution in [0.15, 0.2) is 30.8 Å². The van der Waals surface area contributed by atoms with Gasteiger partial charge in [0.25, 0.3) is 0 Å². The smallest absolute Gasteiger partial charge is 0.0991 e. The Bertz CT molecular complexity index is 753. The fourth-order valence-corrected chi connectivity index (χ4v) is 3.70. The molecule has 2 heterocycles. The number of nitrogens with zero attached hydrogens (tertiary/aromatic N) is 1. The van der Waals surface area contributed by atoms with Gasteiger partial charge in [-0.05, 0) is 37.2 Å². The van der Waals surface area contributed by atoms with Crippen molar-refractivity contribution >= 4 is 22.7 Å². The van der Waals surface area contributed by atoms with Gasteiger partial charge in [-0.15, -0.1) is 11.3 Å². The first kappa shape index (κ1) is 18.3. The molecule has 0 radical (unpaired) electrons. The Morgan fingerprint density at radius 3 is 2.75 bits per heavy atom. The van der Waals surface area contributed by atoms with Crippen LogP contribution in [-0.4, -0.2) is 6.54 Å². The van der Waals surface area contributed by atoms with Gasteiger partial charge in [0, 0.05) is 33.9 Å². The first-order valence-electron chi connectivity index (χ1n) is 8.57. The number of thiophene rings is 1. The molecular formula is C20H25N3S. The fraction of sp³-hybridized carbons (Fsp3) is 0.350. The van der Waals surface area contributed by atoms with Gasteiger partial charge >= 0.3 is 0 Å². The Balaban J connectivity index is 0.00000100. The molecule has 3 nitrogen and oxygen atoms in total. The van der Waals surface area contributed by atoms with Crippen LogP contribution in [0, 0.1) is 11.3 Å². The number of rotatable bonds is 5. The van der Waals surface area contributed by atoms with E-state index >= 15 is 0 Å². The predicted molar refractivity (Wildman–Crippen MR) is 105 cm³/mol. The molecule has 2 aromatic rings. The molecule has 0 spiro atoms. The second-order valence-electron chi connectivity index (χ2n) is 5.46. The number of nitrogens with one attached hydrogen (secondary N) is 2. The Morgan fingerprint density at radius 2 is 2.04 bits per heavy atom. The summed E-state index contributed by atoms with van der Waals surface area (Å²) in [4.78, 5) is 2.48. The molecule has 0 fully saturated rings. The molecule has 24 heavy (non-hydrogen) atoms. The van der Waals surface area contributed by atoms with Gasteiger partial charge in [0.05, 0.1) is 16.5 Å². The predicted octanol–water partition coefficient (Wildman–Crippen LogP) is 5.60. The molecule has 1 aliphatic heterocycles. The van der Waals surface area contributed by atoms with Crippen LogP contribution in [0.3, 0.4) is 0 Å². The number of anilines is 1. The van der Waals surface area contributed by atoms with Crippen LogP contribution in [0.25, 0.3) is 16.8 Å². The van der Waals surface area contributed by atoms with Crippen molar-refractivity contribution in [3.05, 3.63) is 46.2 Å². The fourth-order valence-electron chi connectivity index (χ4n) is 2.63. The van der Waals surface area contributed by atoms with E-state index in [4.69, 9.17) is 5.26 Å². The zero-order valence-corrected chi connectivity index (χ0v) is 15.5. The highest BCUT2D eigenvalue weighted by Gasteiger charge is 2.21. The summed E-state index contributed by atoms with van der Waals surface area (Å²) in [6.45, 7) is 12.3. The van der Waals surface area contributed by atoms with E-state index in [1.165, 1.54) is 28.2 Å². The Morgan fingerprint density at radius 1 is 1.25 bits per heavy atom. The van der Waals surface area contributed by atoms with Crippen molar-refractivity contribution in [3.8, 4) is 17.2 Å². The number of hydrogen-bond donors (Lipinski definition) is 2. The molecule has 0 saturated carbocycles. The largest absolute Gasteiger partial charge is 0.354 e. The van der Waals surface area contributed by atoms with Gasteiger partial charge in [0.15, 0.2) is 0 Å². The first-order chi connectivity index (χ1) is 11.7. The lowest BCUT2D eigenvalue weighted by atomic mass is 9.97. The summed E-state index contributed by atoms with van der Waals surface area (Å²) >= 11 is 1.77. The van der Waals surface area contributed by atoms with Crippen LogP contribution in [0.5, 0.6) is 0 Å².